The molecule has 0 aliphatic heterocycles. The van der Waals surface area contributed by atoms with Crippen LogP contribution in [0.4, 0.5) is 0 Å². The molecule has 0 atom stereocenters. The molecule has 4 heterocycles. The van der Waals surface area contributed by atoms with Gasteiger partial charge in [0.1, 0.15) is 16.0 Å². The zero-order valence-corrected chi connectivity index (χ0v) is 29.5. The quantitative estimate of drug-likeness (QED) is 0.180. The van der Waals surface area contributed by atoms with Crippen LogP contribution in [0.15, 0.2) is 188 Å². The third-order valence-electron chi connectivity index (χ3n) is 11.0. The first-order valence-electron chi connectivity index (χ1n) is 18.0. The summed E-state index contributed by atoms with van der Waals surface area (Å²) in [5, 5.41) is 1.22. The predicted octanol–water partition coefficient (Wildman–Crippen LogP) is 12.5. The van der Waals surface area contributed by atoms with Crippen LogP contribution in [0.1, 0.15) is 22.3 Å². The van der Waals surface area contributed by atoms with E-state index in [1.807, 2.05) is 12.4 Å². The van der Waals surface area contributed by atoms with E-state index in [4.69, 9.17) is 4.98 Å². The summed E-state index contributed by atoms with van der Waals surface area (Å²) in [7, 11) is 0. The molecule has 0 N–H and O–H groups in total. The molecular formula is C49H31N3S. The van der Waals surface area contributed by atoms with Gasteiger partial charge in [-0.15, -0.1) is 11.3 Å². The minimum absolute atomic E-state index is 0.508. The highest BCUT2D eigenvalue weighted by Crippen LogP contribution is 2.57. The van der Waals surface area contributed by atoms with Crippen LogP contribution in [0, 0.1) is 0 Å². The van der Waals surface area contributed by atoms with Crippen molar-refractivity contribution >= 4 is 37.4 Å². The van der Waals surface area contributed by atoms with Gasteiger partial charge in [-0.2, -0.15) is 0 Å². The number of imidazole rings is 1. The Kier molecular flexibility index (Phi) is 6.64. The number of thiophene rings is 1. The zero-order chi connectivity index (χ0) is 34.9. The summed E-state index contributed by atoms with van der Waals surface area (Å²) in [6.07, 6.45) is 5.99. The number of hydrogen-bond acceptors (Lipinski definition) is 3. The van der Waals surface area contributed by atoms with E-state index in [0.29, 0.717) is 0 Å². The molecule has 0 radical (unpaired) electrons. The average Bonchev–Trinajstić information content (AvgIpc) is 3.88. The fraction of sp³-hybridized carbons (Fsp3) is 0.0204. The summed E-state index contributed by atoms with van der Waals surface area (Å²) < 4.78 is 3.52. The third kappa shape index (κ3) is 4.52. The van der Waals surface area contributed by atoms with Crippen LogP contribution >= 0.6 is 11.3 Å². The molecule has 0 unspecified atom stereocenters. The highest BCUT2D eigenvalue weighted by Gasteiger charge is 2.46. The fourth-order valence-electron chi connectivity index (χ4n) is 8.59. The number of hydrogen-bond donors (Lipinski definition) is 0. The molecule has 0 amide bonds. The van der Waals surface area contributed by atoms with Crippen LogP contribution in [0.2, 0.25) is 0 Å². The smallest absolute Gasteiger partial charge is 0.138 e. The lowest BCUT2D eigenvalue weighted by Gasteiger charge is -2.34. The second-order valence-electron chi connectivity index (χ2n) is 13.8. The minimum Gasteiger partial charge on any atom is -0.290 e. The average molecular weight is 694 g/mol. The molecule has 3 nitrogen and oxygen atoms in total. The summed E-state index contributed by atoms with van der Waals surface area (Å²) in [6, 6.07) is 62.2. The maximum atomic E-state index is 5.01. The first-order valence-corrected chi connectivity index (χ1v) is 18.8. The second kappa shape index (κ2) is 11.7. The molecule has 0 spiro atoms. The Morgan fingerprint density at radius 3 is 1.75 bits per heavy atom. The van der Waals surface area contributed by atoms with E-state index in [1.54, 1.807) is 11.3 Å². The topological polar surface area (TPSA) is 30.2 Å². The van der Waals surface area contributed by atoms with Crippen molar-refractivity contribution in [2.75, 3.05) is 0 Å². The van der Waals surface area contributed by atoms with Gasteiger partial charge in [0.05, 0.1) is 5.41 Å². The number of benzene rings is 6. The molecule has 0 saturated carbocycles. The molecular weight excluding hydrogens is 663 g/mol. The molecule has 4 heteroatoms. The molecule has 53 heavy (non-hydrogen) atoms. The molecule has 4 aromatic heterocycles. The van der Waals surface area contributed by atoms with Crippen molar-refractivity contribution in [3.8, 4) is 44.5 Å². The van der Waals surface area contributed by atoms with Gasteiger partial charge in [-0.05, 0) is 115 Å². The van der Waals surface area contributed by atoms with Crippen LogP contribution in [0.3, 0.4) is 0 Å². The van der Waals surface area contributed by atoms with Crippen LogP contribution in [0.5, 0.6) is 0 Å². The van der Waals surface area contributed by atoms with E-state index < -0.39 is 5.41 Å². The van der Waals surface area contributed by atoms with Gasteiger partial charge in [-0.3, -0.25) is 9.38 Å². The minimum atomic E-state index is -0.508. The van der Waals surface area contributed by atoms with Gasteiger partial charge >= 0.3 is 0 Å². The molecule has 0 fully saturated rings. The Balaban J connectivity index is 1.09. The number of nitrogens with zero attached hydrogens (tertiary/aromatic N) is 3. The maximum Gasteiger partial charge on any atom is 0.138 e. The lowest BCUT2D eigenvalue weighted by Crippen LogP contribution is -2.28. The van der Waals surface area contributed by atoms with Gasteiger partial charge < -0.3 is 0 Å². The normalized spacial score (nSPS) is 13.1. The van der Waals surface area contributed by atoms with E-state index in [0.717, 1.165) is 22.3 Å². The van der Waals surface area contributed by atoms with E-state index in [-0.39, 0.29) is 0 Å². The SMILES string of the molecule is c1ccc(C2(c3ccccc3)c3cc(-c4ccncc4)ccc3-c3ccc(-c4cccc(-c5ccc6nc7c8ccccc8sc7n6c5)c4)cc32)cc1. The van der Waals surface area contributed by atoms with E-state index >= 15 is 0 Å². The number of fused-ring (bicyclic) bond motifs is 8. The molecule has 248 valence electrons. The predicted molar refractivity (Wildman–Crippen MR) is 219 cm³/mol. The maximum absolute atomic E-state index is 5.01. The Hall–Kier alpha value is -6.62. The van der Waals surface area contributed by atoms with Crippen molar-refractivity contribution in [1.82, 2.24) is 14.4 Å². The van der Waals surface area contributed by atoms with Gasteiger partial charge in [-0.25, -0.2) is 4.98 Å². The molecule has 1 aliphatic rings. The summed E-state index contributed by atoms with van der Waals surface area (Å²) in [5.74, 6) is 0. The van der Waals surface area contributed by atoms with Gasteiger partial charge in [0.15, 0.2) is 0 Å². The third-order valence-corrected chi connectivity index (χ3v) is 12.2. The lowest BCUT2D eigenvalue weighted by molar-refractivity contribution is 0.769. The molecule has 10 aromatic rings. The van der Waals surface area contributed by atoms with Crippen molar-refractivity contribution in [2.45, 2.75) is 5.41 Å². The summed E-state index contributed by atoms with van der Waals surface area (Å²) in [5.41, 5.74) is 16.2. The molecule has 0 bridgehead atoms. The van der Waals surface area contributed by atoms with Crippen molar-refractivity contribution in [3.05, 3.63) is 211 Å². The van der Waals surface area contributed by atoms with E-state index in [1.165, 1.54) is 70.6 Å². The molecule has 0 saturated heterocycles. The Labute approximate surface area is 311 Å². The fourth-order valence-corrected chi connectivity index (χ4v) is 9.72. The first kappa shape index (κ1) is 30.0. The zero-order valence-electron chi connectivity index (χ0n) is 28.6. The van der Waals surface area contributed by atoms with Crippen LogP contribution < -0.4 is 0 Å². The van der Waals surface area contributed by atoms with Crippen molar-refractivity contribution in [1.29, 1.82) is 0 Å². The summed E-state index contributed by atoms with van der Waals surface area (Å²) >= 11 is 1.80. The first-order chi connectivity index (χ1) is 26.3. The van der Waals surface area contributed by atoms with Crippen molar-refractivity contribution < 1.29 is 0 Å². The lowest BCUT2D eigenvalue weighted by atomic mass is 9.67. The second-order valence-corrected chi connectivity index (χ2v) is 14.9. The largest absolute Gasteiger partial charge is 0.290 e. The number of rotatable bonds is 5. The Morgan fingerprint density at radius 2 is 1.06 bits per heavy atom. The van der Waals surface area contributed by atoms with Gasteiger partial charge in [0.2, 0.25) is 0 Å². The standard InChI is InChI=1S/C49H31N3S/c1-3-12-38(13-4-1)49(39-14-5-2-6-15-39)43-29-35(32-24-26-50-27-25-32)18-21-40(43)41-22-19-36(30-44(41)49)33-10-9-11-34(28-33)37-20-23-46-51-47-42-16-7-8-17-45(42)53-48(47)52(46)31-37/h1-31H. The van der Waals surface area contributed by atoms with Crippen LogP contribution in [-0.2, 0) is 5.41 Å². The molecule has 11 rings (SSSR count). The van der Waals surface area contributed by atoms with Crippen molar-refractivity contribution in [2.24, 2.45) is 0 Å². The molecule has 1 aliphatic carbocycles. The van der Waals surface area contributed by atoms with Gasteiger partial charge in [-0.1, -0.05) is 121 Å². The van der Waals surface area contributed by atoms with Crippen LogP contribution in [0.25, 0.3) is 70.6 Å². The Bertz CT molecular complexity index is 2960. The van der Waals surface area contributed by atoms with Crippen LogP contribution in [-0.4, -0.2) is 14.4 Å². The monoisotopic (exact) mass is 693 g/mol. The summed E-state index contributed by atoms with van der Waals surface area (Å²) in [4.78, 5) is 10.5. The summed E-state index contributed by atoms with van der Waals surface area (Å²) in [6.45, 7) is 0. The molecule has 6 aromatic carbocycles. The van der Waals surface area contributed by atoms with Crippen molar-refractivity contribution in [3.63, 3.8) is 0 Å². The highest BCUT2D eigenvalue weighted by atomic mass is 32.1. The Morgan fingerprint density at radius 1 is 0.472 bits per heavy atom. The van der Waals surface area contributed by atoms with E-state index in [2.05, 4.69) is 185 Å². The van der Waals surface area contributed by atoms with Gasteiger partial charge in [0, 0.05) is 28.7 Å². The van der Waals surface area contributed by atoms with E-state index in [9.17, 15) is 0 Å². The highest BCUT2D eigenvalue weighted by molar-refractivity contribution is 7.25. The number of pyridine rings is 2. The van der Waals surface area contributed by atoms with Gasteiger partial charge in [0.25, 0.3) is 0 Å². The number of aromatic nitrogens is 3.